The molecule has 1 nitrogen and oxygen atoms in total. The molecule has 0 bridgehead atoms. The molecule has 3 heteroatoms. The topological polar surface area (TPSA) is 3.24 Å². The standard InChI is InChI=1S/C8H17Cl2N/c1-2-3-6-11(7-4-9)8-5-10/h2-8H2,1H3. The predicted octanol–water partition coefficient (Wildman–Crippen LogP) is 2.57. The highest BCUT2D eigenvalue weighted by atomic mass is 35.5. The van der Waals surface area contributed by atoms with Crippen molar-refractivity contribution in [3.8, 4) is 0 Å². The van der Waals surface area contributed by atoms with Crippen LogP contribution in [0.4, 0.5) is 0 Å². The summed E-state index contributed by atoms with van der Waals surface area (Å²) < 4.78 is 0. The van der Waals surface area contributed by atoms with Gasteiger partial charge in [-0.3, -0.25) is 0 Å². The molecule has 68 valence electrons. The van der Waals surface area contributed by atoms with Crippen molar-refractivity contribution in [3.05, 3.63) is 0 Å². The van der Waals surface area contributed by atoms with Crippen molar-refractivity contribution in [3.63, 3.8) is 0 Å². The minimum atomic E-state index is 0.709. The Bertz CT molecular complexity index is 72.5. The second kappa shape index (κ2) is 8.63. The Morgan fingerprint density at radius 3 is 1.91 bits per heavy atom. The number of rotatable bonds is 7. The zero-order valence-electron chi connectivity index (χ0n) is 7.15. The van der Waals surface area contributed by atoms with Crippen LogP contribution in [0.5, 0.6) is 0 Å². The van der Waals surface area contributed by atoms with Crippen molar-refractivity contribution >= 4 is 23.2 Å². The van der Waals surface area contributed by atoms with Crippen LogP contribution in [0.3, 0.4) is 0 Å². The number of unbranched alkanes of at least 4 members (excludes halogenated alkanes) is 1. The maximum atomic E-state index is 5.63. The molecule has 0 rings (SSSR count). The van der Waals surface area contributed by atoms with Crippen LogP contribution in [0.25, 0.3) is 0 Å². The van der Waals surface area contributed by atoms with E-state index < -0.39 is 0 Å². The van der Waals surface area contributed by atoms with E-state index in [4.69, 9.17) is 23.2 Å². The molecule has 0 aromatic heterocycles. The summed E-state index contributed by atoms with van der Waals surface area (Å²) in [6.07, 6.45) is 2.48. The molecule has 0 aliphatic rings. The molecule has 0 saturated carbocycles. The lowest BCUT2D eigenvalue weighted by molar-refractivity contribution is 0.302. The first kappa shape index (κ1) is 11.5. The van der Waals surface area contributed by atoms with Gasteiger partial charge in [0.05, 0.1) is 0 Å². The molecule has 11 heavy (non-hydrogen) atoms. The first-order chi connectivity index (χ1) is 5.35. The van der Waals surface area contributed by atoms with E-state index >= 15 is 0 Å². The normalized spacial score (nSPS) is 10.9. The van der Waals surface area contributed by atoms with E-state index in [0.717, 1.165) is 19.6 Å². The summed E-state index contributed by atoms with van der Waals surface area (Å²) in [5, 5.41) is 0. The van der Waals surface area contributed by atoms with E-state index in [9.17, 15) is 0 Å². The van der Waals surface area contributed by atoms with Gasteiger partial charge >= 0.3 is 0 Å². The molecule has 0 radical (unpaired) electrons. The second-order valence-electron chi connectivity index (χ2n) is 2.57. The third-order valence-electron chi connectivity index (χ3n) is 1.63. The highest BCUT2D eigenvalue weighted by molar-refractivity contribution is 6.18. The maximum absolute atomic E-state index is 5.63. The summed E-state index contributed by atoms with van der Waals surface area (Å²) in [7, 11) is 0. The van der Waals surface area contributed by atoms with Gasteiger partial charge in [-0.15, -0.1) is 23.2 Å². The summed E-state index contributed by atoms with van der Waals surface area (Å²) in [4.78, 5) is 2.31. The van der Waals surface area contributed by atoms with Gasteiger partial charge in [-0.05, 0) is 13.0 Å². The van der Waals surface area contributed by atoms with Gasteiger partial charge in [0.1, 0.15) is 0 Å². The Morgan fingerprint density at radius 2 is 1.55 bits per heavy atom. The summed E-state index contributed by atoms with van der Waals surface area (Å²) in [6, 6.07) is 0. The Kier molecular flexibility index (Phi) is 9.06. The van der Waals surface area contributed by atoms with Crippen molar-refractivity contribution in [2.24, 2.45) is 0 Å². The van der Waals surface area contributed by atoms with Crippen molar-refractivity contribution in [1.82, 2.24) is 4.90 Å². The molecule has 0 aromatic carbocycles. The molecule has 0 fully saturated rings. The average molecular weight is 198 g/mol. The fourth-order valence-electron chi connectivity index (χ4n) is 0.956. The van der Waals surface area contributed by atoms with Gasteiger partial charge in [0.15, 0.2) is 0 Å². The number of nitrogens with zero attached hydrogens (tertiary/aromatic N) is 1. The zero-order chi connectivity index (χ0) is 8.53. The van der Waals surface area contributed by atoms with E-state index in [-0.39, 0.29) is 0 Å². The third kappa shape index (κ3) is 6.92. The average Bonchev–Trinajstić information content (AvgIpc) is 2.01. The Balaban J connectivity index is 3.34. The van der Waals surface area contributed by atoms with Crippen LogP contribution in [0, 0.1) is 0 Å². The Labute approximate surface area is 79.7 Å². The number of halogens is 2. The van der Waals surface area contributed by atoms with Crippen LogP contribution in [-0.4, -0.2) is 36.3 Å². The monoisotopic (exact) mass is 197 g/mol. The minimum Gasteiger partial charge on any atom is -0.301 e. The molecular formula is C8H17Cl2N. The van der Waals surface area contributed by atoms with Crippen LogP contribution < -0.4 is 0 Å². The van der Waals surface area contributed by atoms with Gasteiger partial charge in [-0.25, -0.2) is 0 Å². The van der Waals surface area contributed by atoms with Crippen molar-refractivity contribution < 1.29 is 0 Å². The molecule has 0 aromatic rings. The van der Waals surface area contributed by atoms with Crippen molar-refractivity contribution in [2.45, 2.75) is 19.8 Å². The van der Waals surface area contributed by atoms with Crippen LogP contribution in [-0.2, 0) is 0 Å². The number of hydrogen-bond donors (Lipinski definition) is 0. The molecule has 0 aliphatic heterocycles. The Hall–Kier alpha value is 0.540. The fraction of sp³-hybridized carbons (Fsp3) is 1.00. The van der Waals surface area contributed by atoms with Crippen LogP contribution in [0.1, 0.15) is 19.8 Å². The predicted molar refractivity (Wildman–Crippen MR) is 52.8 cm³/mol. The first-order valence-electron chi connectivity index (χ1n) is 4.19. The van der Waals surface area contributed by atoms with Gasteiger partial charge in [0.25, 0.3) is 0 Å². The molecule has 0 N–H and O–H groups in total. The fourth-order valence-corrected chi connectivity index (χ4v) is 1.43. The lowest BCUT2D eigenvalue weighted by Crippen LogP contribution is -2.28. The zero-order valence-corrected chi connectivity index (χ0v) is 8.66. The molecule has 0 heterocycles. The summed E-state index contributed by atoms with van der Waals surface area (Å²) in [5.74, 6) is 1.42. The van der Waals surface area contributed by atoms with Crippen LogP contribution in [0.15, 0.2) is 0 Å². The summed E-state index contributed by atoms with van der Waals surface area (Å²) >= 11 is 11.3. The molecule has 0 aliphatic carbocycles. The molecule has 0 atom stereocenters. The molecule has 0 unspecified atom stereocenters. The van der Waals surface area contributed by atoms with Crippen LogP contribution >= 0.6 is 23.2 Å². The summed E-state index contributed by atoms with van der Waals surface area (Å²) in [5.41, 5.74) is 0. The van der Waals surface area contributed by atoms with Crippen molar-refractivity contribution in [1.29, 1.82) is 0 Å². The second-order valence-corrected chi connectivity index (χ2v) is 3.33. The van der Waals surface area contributed by atoms with Gasteiger partial charge in [-0.1, -0.05) is 13.3 Å². The smallest absolute Gasteiger partial charge is 0.0351 e. The molecular weight excluding hydrogens is 181 g/mol. The molecule has 0 spiro atoms. The maximum Gasteiger partial charge on any atom is 0.0351 e. The first-order valence-corrected chi connectivity index (χ1v) is 5.26. The van der Waals surface area contributed by atoms with E-state index in [0.29, 0.717) is 11.8 Å². The lowest BCUT2D eigenvalue weighted by Gasteiger charge is -2.18. The van der Waals surface area contributed by atoms with Gasteiger partial charge in [-0.2, -0.15) is 0 Å². The highest BCUT2D eigenvalue weighted by Crippen LogP contribution is 1.96. The third-order valence-corrected chi connectivity index (χ3v) is 1.97. The quantitative estimate of drug-likeness (QED) is 0.568. The Morgan fingerprint density at radius 1 is 1.00 bits per heavy atom. The number of hydrogen-bond acceptors (Lipinski definition) is 1. The van der Waals surface area contributed by atoms with Gasteiger partial charge in [0.2, 0.25) is 0 Å². The van der Waals surface area contributed by atoms with Gasteiger partial charge in [0, 0.05) is 24.8 Å². The lowest BCUT2D eigenvalue weighted by atomic mass is 10.3. The minimum absolute atomic E-state index is 0.709. The van der Waals surface area contributed by atoms with Crippen molar-refractivity contribution in [2.75, 3.05) is 31.4 Å². The van der Waals surface area contributed by atoms with E-state index in [1.807, 2.05) is 0 Å². The SMILES string of the molecule is CCCCN(CCCl)CCCl. The largest absolute Gasteiger partial charge is 0.301 e. The van der Waals surface area contributed by atoms with Gasteiger partial charge < -0.3 is 4.90 Å². The van der Waals surface area contributed by atoms with E-state index in [1.54, 1.807) is 0 Å². The number of alkyl halides is 2. The van der Waals surface area contributed by atoms with Crippen LogP contribution in [0.2, 0.25) is 0 Å². The summed E-state index contributed by atoms with van der Waals surface area (Å²) in [6.45, 7) is 5.26. The highest BCUT2D eigenvalue weighted by Gasteiger charge is 2.00. The van der Waals surface area contributed by atoms with E-state index in [1.165, 1.54) is 12.8 Å². The van der Waals surface area contributed by atoms with E-state index in [2.05, 4.69) is 11.8 Å². The molecule has 0 saturated heterocycles. The molecule has 0 amide bonds.